The molecule has 1 saturated heterocycles. The zero-order valence-corrected chi connectivity index (χ0v) is 15.8. The van der Waals surface area contributed by atoms with Gasteiger partial charge in [0.25, 0.3) is 0 Å². The first-order valence-electron chi connectivity index (χ1n) is 8.55. The average Bonchev–Trinajstić information content (AvgIpc) is 2.92. The second-order valence-electron chi connectivity index (χ2n) is 6.64. The third-order valence-electron chi connectivity index (χ3n) is 4.79. The van der Waals surface area contributed by atoms with E-state index in [4.69, 9.17) is 4.74 Å². The lowest BCUT2D eigenvalue weighted by molar-refractivity contribution is 0.246. The Balaban J connectivity index is 1.65. The van der Waals surface area contributed by atoms with E-state index in [-0.39, 0.29) is 0 Å². The van der Waals surface area contributed by atoms with Crippen LogP contribution in [0, 0.1) is 19.8 Å². The van der Waals surface area contributed by atoms with Gasteiger partial charge in [0.2, 0.25) is 10.0 Å². The standard InChI is InChI=1S/C18H25N3O3S/c1-14-11-15(2)21(19-14)13-16-7-9-20(10-8-16)25(22,23)18-6-4-5-17(12-18)24-3/h4-6,11-12,16H,7-10,13H2,1-3H3. The highest BCUT2D eigenvalue weighted by Crippen LogP contribution is 2.26. The molecular weight excluding hydrogens is 338 g/mol. The average molecular weight is 363 g/mol. The summed E-state index contributed by atoms with van der Waals surface area (Å²) in [5.74, 6) is 1.01. The van der Waals surface area contributed by atoms with Crippen LogP contribution in [0.1, 0.15) is 24.2 Å². The van der Waals surface area contributed by atoms with Crippen LogP contribution in [0.2, 0.25) is 0 Å². The fourth-order valence-corrected chi connectivity index (χ4v) is 4.85. The first-order chi connectivity index (χ1) is 11.9. The van der Waals surface area contributed by atoms with Crippen LogP contribution in [0.4, 0.5) is 0 Å². The normalized spacial score (nSPS) is 16.9. The van der Waals surface area contributed by atoms with Crippen molar-refractivity contribution in [2.24, 2.45) is 5.92 Å². The van der Waals surface area contributed by atoms with Gasteiger partial charge >= 0.3 is 0 Å². The van der Waals surface area contributed by atoms with E-state index < -0.39 is 10.0 Å². The molecule has 0 saturated carbocycles. The Morgan fingerprint density at radius 3 is 2.52 bits per heavy atom. The number of ether oxygens (including phenoxy) is 1. The number of hydrogen-bond donors (Lipinski definition) is 0. The van der Waals surface area contributed by atoms with Crippen molar-refractivity contribution < 1.29 is 13.2 Å². The van der Waals surface area contributed by atoms with Crippen LogP contribution in [0.3, 0.4) is 0 Å². The second-order valence-corrected chi connectivity index (χ2v) is 8.57. The molecule has 6 nitrogen and oxygen atoms in total. The lowest BCUT2D eigenvalue weighted by Crippen LogP contribution is -2.39. The molecule has 0 unspecified atom stereocenters. The number of aryl methyl sites for hydroxylation is 2. The van der Waals surface area contributed by atoms with E-state index in [0.29, 0.717) is 29.7 Å². The van der Waals surface area contributed by atoms with Crippen LogP contribution >= 0.6 is 0 Å². The van der Waals surface area contributed by atoms with Crippen LogP contribution in [0.5, 0.6) is 5.75 Å². The molecule has 1 aromatic carbocycles. The van der Waals surface area contributed by atoms with Crippen molar-refractivity contribution in [3.8, 4) is 5.75 Å². The van der Waals surface area contributed by atoms with Crippen LogP contribution in [0.15, 0.2) is 35.2 Å². The molecule has 0 bridgehead atoms. The van der Waals surface area contributed by atoms with Crippen LogP contribution in [0.25, 0.3) is 0 Å². The molecule has 2 aromatic rings. The van der Waals surface area contributed by atoms with Crippen molar-refractivity contribution in [1.29, 1.82) is 0 Å². The minimum atomic E-state index is -3.46. The number of rotatable bonds is 5. The monoisotopic (exact) mass is 363 g/mol. The number of nitrogens with zero attached hydrogens (tertiary/aromatic N) is 3. The highest BCUT2D eigenvalue weighted by atomic mass is 32.2. The van der Waals surface area contributed by atoms with Crippen molar-refractivity contribution >= 4 is 10.0 Å². The molecule has 0 atom stereocenters. The number of piperidine rings is 1. The summed E-state index contributed by atoms with van der Waals surface area (Å²) in [5, 5.41) is 4.51. The zero-order valence-electron chi connectivity index (χ0n) is 15.0. The van der Waals surface area contributed by atoms with Gasteiger partial charge in [0.1, 0.15) is 5.75 Å². The van der Waals surface area contributed by atoms with Gasteiger partial charge in [-0.15, -0.1) is 0 Å². The van der Waals surface area contributed by atoms with Gasteiger partial charge < -0.3 is 4.74 Å². The summed E-state index contributed by atoms with van der Waals surface area (Å²) in [7, 11) is -1.93. The van der Waals surface area contributed by atoms with Crippen LogP contribution in [-0.2, 0) is 16.6 Å². The van der Waals surface area contributed by atoms with Crippen molar-refractivity contribution in [2.75, 3.05) is 20.2 Å². The van der Waals surface area contributed by atoms with Gasteiger partial charge in [-0.2, -0.15) is 9.40 Å². The SMILES string of the molecule is COc1cccc(S(=O)(=O)N2CCC(Cn3nc(C)cc3C)CC2)c1. The third kappa shape index (κ3) is 3.88. The Bertz CT molecular complexity index is 837. The Labute approximate surface area is 149 Å². The summed E-state index contributed by atoms with van der Waals surface area (Å²) >= 11 is 0. The molecule has 7 heteroatoms. The van der Waals surface area contributed by atoms with E-state index in [2.05, 4.69) is 18.1 Å². The van der Waals surface area contributed by atoms with Gasteiger partial charge in [-0.3, -0.25) is 4.68 Å². The molecule has 1 aliphatic rings. The molecule has 0 amide bonds. The minimum absolute atomic E-state index is 0.295. The molecule has 2 heterocycles. The topological polar surface area (TPSA) is 64.4 Å². The summed E-state index contributed by atoms with van der Waals surface area (Å²) in [5.41, 5.74) is 2.18. The van der Waals surface area contributed by atoms with Gasteiger partial charge in [-0.25, -0.2) is 8.42 Å². The largest absolute Gasteiger partial charge is 0.497 e. The van der Waals surface area contributed by atoms with Crippen molar-refractivity contribution in [3.63, 3.8) is 0 Å². The number of benzene rings is 1. The highest BCUT2D eigenvalue weighted by Gasteiger charge is 2.30. The lowest BCUT2D eigenvalue weighted by atomic mass is 9.98. The van der Waals surface area contributed by atoms with Gasteiger partial charge in [0, 0.05) is 31.4 Å². The summed E-state index contributed by atoms with van der Waals surface area (Å²) in [4.78, 5) is 0.295. The van der Waals surface area contributed by atoms with Crippen molar-refractivity contribution in [1.82, 2.24) is 14.1 Å². The number of aromatic nitrogens is 2. The van der Waals surface area contributed by atoms with Crippen LogP contribution < -0.4 is 4.74 Å². The molecule has 1 fully saturated rings. The number of methoxy groups -OCH3 is 1. The molecule has 1 aliphatic heterocycles. The molecule has 1 aromatic heterocycles. The smallest absolute Gasteiger partial charge is 0.243 e. The number of sulfonamides is 1. The van der Waals surface area contributed by atoms with E-state index in [9.17, 15) is 8.42 Å². The maximum atomic E-state index is 12.8. The molecule has 0 aliphatic carbocycles. The Hall–Kier alpha value is -1.86. The van der Waals surface area contributed by atoms with E-state index in [1.807, 2.05) is 11.6 Å². The summed E-state index contributed by atoms with van der Waals surface area (Å²) in [6.45, 7) is 5.99. The maximum Gasteiger partial charge on any atom is 0.243 e. The maximum absolute atomic E-state index is 12.8. The van der Waals surface area contributed by atoms with Gasteiger partial charge in [0.05, 0.1) is 17.7 Å². The first-order valence-corrected chi connectivity index (χ1v) is 9.99. The Kier molecular flexibility index (Phi) is 5.15. The molecular formula is C18H25N3O3S. The van der Waals surface area contributed by atoms with Gasteiger partial charge in [-0.05, 0) is 50.8 Å². The fourth-order valence-electron chi connectivity index (χ4n) is 3.35. The second kappa shape index (κ2) is 7.17. The van der Waals surface area contributed by atoms with E-state index in [1.54, 1.807) is 28.6 Å². The first kappa shape index (κ1) is 17.9. The highest BCUT2D eigenvalue weighted by molar-refractivity contribution is 7.89. The predicted octanol–water partition coefficient (Wildman–Crippen LogP) is 2.61. The molecule has 136 valence electrons. The summed E-state index contributed by atoms with van der Waals surface area (Å²) in [6.07, 6.45) is 1.70. The van der Waals surface area contributed by atoms with Crippen molar-refractivity contribution in [2.45, 2.75) is 38.1 Å². The van der Waals surface area contributed by atoms with Gasteiger partial charge in [-0.1, -0.05) is 6.07 Å². The van der Waals surface area contributed by atoms with Crippen LogP contribution in [-0.4, -0.2) is 42.7 Å². The van der Waals surface area contributed by atoms with Gasteiger partial charge in [0.15, 0.2) is 0 Å². The van der Waals surface area contributed by atoms with E-state index in [0.717, 1.165) is 30.8 Å². The predicted molar refractivity (Wildman–Crippen MR) is 96.2 cm³/mol. The minimum Gasteiger partial charge on any atom is -0.497 e. The summed E-state index contributed by atoms with van der Waals surface area (Å²) in [6, 6.07) is 8.74. The number of hydrogen-bond acceptors (Lipinski definition) is 4. The molecule has 25 heavy (non-hydrogen) atoms. The van der Waals surface area contributed by atoms with E-state index in [1.165, 1.54) is 7.11 Å². The lowest BCUT2D eigenvalue weighted by Gasteiger charge is -2.31. The Morgan fingerprint density at radius 2 is 1.92 bits per heavy atom. The quantitative estimate of drug-likeness (QED) is 0.819. The molecule has 3 rings (SSSR count). The molecule has 0 spiro atoms. The molecule has 0 radical (unpaired) electrons. The summed E-state index contributed by atoms with van der Waals surface area (Å²) < 4.78 is 34.4. The van der Waals surface area contributed by atoms with E-state index >= 15 is 0 Å². The Morgan fingerprint density at radius 1 is 1.20 bits per heavy atom. The molecule has 0 N–H and O–H groups in total. The fraction of sp³-hybridized carbons (Fsp3) is 0.500. The zero-order chi connectivity index (χ0) is 18.0. The van der Waals surface area contributed by atoms with Crippen molar-refractivity contribution in [3.05, 3.63) is 41.7 Å². The third-order valence-corrected chi connectivity index (χ3v) is 6.68.